The Balaban J connectivity index is 2.65. The van der Waals surface area contributed by atoms with Crippen molar-refractivity contribution in [1.82, 2.24) is 14.0 Å². The van der Waals surface area contributed by atoms with Gasteiger partial charge in [-0.25, -0.2) is 4.98 Å². The topological polar surface area (TPSA) is 22.2 Å². The van der Waals surface area contributed by atoms with Crippen molar-refractivity contribution in [3.05, 3.63) is 35.7 Å². The highest BCUT2D eigenvalue weighted by molar-refractivity contribution is 5.82. The normalized spacial score (nSPS) is 11.7. The van der Waals surface area contributed by atoms with E-state index >= 15 is 0 Å². The molecule has 0 fully saturated rings. The predicted molar refractivity (Wildman–Crippen MR) is 61.1 cm³/mol. The van der Waals surface area contributed by atoms with Crippen LogP contribution in [0.5, 0.6) is 0 Å². The molecule has 0 aliphatic rings. The van der Waals surface area contributed by atoms with Gasteiger partial charge in [-0.05, 0) is 31.5 Å². The first-order valence-corrected chi connectivity index (χ1v) is 5.09. The Morgan fingerprint density at radius 3 is 2.80 bits per heavy atom. The summed E-state index contributed by atoms with van der Waals surface area (Å²) in [6.45, 7) is 4.26. The van der Waals surface area contributed by atoms with Crippen LogP contribution in [-0.4, -0.2) is 14.0 Å². The van der Waals surface area contributed by atoms with E-state index in [2.05, 4.69) is 41.0 Å². The van der Waals surface area contributed by atoms with E-state index in [-0.39, 0.29) is 0 Å². The lowest BCUT2D eigenvalue weighted by Gasteiger charge is -2.00. The van der Waals surface area contributed by atoms with E-state index in [0.29, 0.717) is 0 Å². The summed E-state index contributed by atoms with van der Waals surface area (Å²) in [7, 11) is 2.09. The minimum absolute atomic E-state index is 1.02. The van der Waals surface area contributed by atoms with Gasteiger partial charge in [0.1, 0.15) is 16.8 Å². The molecule has 0 aromatic carbocycles. The summed E-state index contributed by atoms with van der Waals surface area (Å²) in [4.78, 5) is 4.64. The minimum Gasteiger partial charge on any atom is -0.332 e. The number of fused-ring (bicyclic) bond motifs is 3. The zero-order valence-electron chi connectivity index (χ0n) is 9.15. The van der Waals surface area contributed by atoms with Gasteiger partial charge in [0, 0.05) is 18.9 Å². The third-order valence-corrected chi connectivity index (χ3v) is 3.22. The molecule has 3 heterocycles. The summed E-state index contributed by atoms with van der Waals surface area (Å²) >= 11 is 0. The Morgan fingerprint density at radius 1 is 1.20 bits per heavy atom. The molecule has 3 heteroatoms. The number of imidazole rings is 1. The van der Waals surface area contributed by atoms with E-state index in [1.807, 2.05) is 18.2 Å². The molecule has 3 aromatic heterocycles. The van der Waals surface area contributed by atoms with Crippen molar-refractivity contribution in [1.29, 1.82) is 0 Å². The second-order valence-electron chi connectivity index (χ2n) is 3.98. The SMILES string of the molecule is Cc1c(C)n(C)c2c1nc1ccccn12. The number of hydrogen-bond acceptors (Lipinski definition) is 1. The van der Waals surface area contributed by atoms with Gasteiger partial charge in [-0.1, -0.05) is 6.07 Å². The number of rotatable bonds is 0. The van der Waals surface area contributed by atoms with Crippen molar-refractivity contribution >= 4 is 16.8 Å². The van der Waals surface area contributed by atoms with Crippen LogP contribution < -0.4 is 0 Å². The molecular weight excluding hydrogens is 186 g/mol. The monoisotopic (exact) mass is 199 g/mol. The highest BCUT2D eigenvalue weighted by atomic mass is 15.1. The third-order valence-electron chi connectivity index (χ3n) is 3.22. The van der Waals surface area contributed by atoms with E-state index in [1.54, 1.807) is 0 Å². The molecule has 0 atom stereocenters. The van der Waals surface area contributed by atoms with Gasteiger partial charge in [0.15, 0.2) is 0 Å². The number of aryl methyl sites for hydroxylation is 2. The molecule has 0 aliphatic heterocycles. The van der Waals surface area contributed by atoms with Crippen LogP contribution >= 0.6 is 0 Å². The molecule has 0 radical (unpaired) electrons. The lowest BCUT2D eigenvalue weighted by molar-refractivity contribution is 0.886. The largest absolute Gasteiger partial charge is 0.332 e. The molecule has 76 valence electrons. The minimum atomic E-state index is 1.02. The Labute approximate surface area is 88.0 Å². The summed E-state index contributed by atoms with van der Waals surface area (Å²) in [5.41, 5.74) is 5.87. The molecule has 0 bridgehead atoms. The zero-order valence-corrected chi connectivity index (χ0v) is 9.15. The first-order valence-electron chi connectivity index (χ1n) is 5.09. The van der Waals surface area contributed by atoms with Gasteiger partial charge in [0.2, 0.25) is 0 Å². The molecule has 3 aromatic rings. The van der Waals surface area contributed by atoms with E-state index in [1.165, 1.54) is 16.9 Å². The van der Waals surface area contributed by atoms with Crippen LogP contribution in [0, 0.1) is 13.8 Å². The van der Waals surface area contributed by atoms with Gasteiger partial charge >= 0.3 is 0 Å². The molecule has 0 spiro atoms. The maximum absolute atomic E-state index is 4.64. The molecule has 0 aliphatic carbocycles. The molecule has 15 heavy (non-hydrogen) atoms. The average Bonchev–Trinajstić information content (AvgIpc) is 2.72. The fourth-order valence-corrected chi connectivity index (χ4v) is 2.14. The molecule has 3 nitrogen and oxygen atoms in total. The van der Waals surface area contributed by atoms with Crippen molar-refractivity contribution in [2.24, 2.45) is 7.05 Å². The smallest absolute Gasteiger partial charge is 0.145 e. The lowest BCUT2D eigenvalue weighted by Crippen LogP contribution is -1.95. The Morgan fingerprint density at radius 2 is 2.00 bits per heavy atom. The van der Waals surface area contributed by atoms with Crippen LogP contribution in [-0.2, 0) is 7.05 Å². The Bertz CT molecular complexity index is 658. The maximum atomic E-state index is 4.64. The summed E-state index contributed by atoms with van der Waals surface area (Å²) < 4.78 is 4.33. The Hall–Kier alpha value is -1.77. The highest BCUT2D eigenvalue weighted by Crippen LogP contribution is 2.24. The fourth-order valence-electron chi connectivity index (χ4n) is 2.14. The molecule has 0 saturated carbocycles. The van der Waals surface area contributed by atoms with Crippen LogP contribution in [0.1, 0.15) is 11.3 Å². The Kier molecular flexibility index (Phi) is 1.49. The molecule has 0 amide bonds. The number of pyridine rings is 1. The zero-order chi connectivity index (χ0) is 10.6. The summed E-state index contributed by atoms with van der Waals surface area (Å²) in [5.74, 6) is 0. The highest BCUT2D eigenvalue weighted by Gasteiger charge is 2.13. The van der Waals surface area contributed by atoms with Gasteiger partial charge in [0.25, 0.3) is 0 Å². The second kappa shape index (κ2) is 2.63. The standard InChI is InChI=1S/C12H13N3/c1-8-9(2)14(3)12-11(8)13-10-6-4-5-7-15(10)12/h4-7H,1-3H3. The lowest BCUT2D eigenvalue weighted by atomic mass is 10.3. The van der Waals surface area contributed by atoms with Gasteiger partial charge in [-0.2, -0.15) is 0 Å². The molecule has 3 rings (SSSR count). The molecule has 0 saturated heterocycles. The fraction of sp³-hybridized carbons (Fsp3) is 0.250. The van der Waals surface area contributed by atoms with E-state index in [4.69, 9.17) is 0 Å². The molecule has 0 N–H and O–H groups in total. The number of hydrogen-bond donors (Lipinski definition) is 0. The molecule has 0 unspecified atom stereocenters. The van der Waals surface area contributed by atoms with Crippen LogP contribution in [0.25, 0.3) is 16.8 Å². The van der Waals surface area contributed by atoms with Crippen molar-refractivity contribution in [2.75, 3.05) is 0 Å². The van der Waals surface area contributed by atoms with Crippen LogP contribution in [0.4, 0.5) is 0 Å². The quantitative estimate of drug-likeness (QED) is 0.545. The molecular formula is C12H13N3. The third kappa shape index (κ3) is 0.923. The van der Waals surface area contributed by atoms with E-state index in [0.717, 1.165) is 11.2 Å². The van der Waals surface area contributed by atoms with Crippen molar-refractivity contribution in [3.63, 3.8) is 0 Å². The van der Waals surface area contributed by atoms with Gasteiger partial charge in [-0.15, -0.1) is 0 Å². The summed E-state index contributed by atoms with van der Waals surface area (Å²) in [6.07, 6.45) is 2.06. The van der Waals surface area contributed by atoms with Crippen LogP contribution in [0.15, 0.2) is 24.4 Å². The van der Waals surface area contributed by atoms with Gasteiger partial charge in [-0.3, -0.25) is 4.40 Å². The maximum Gasteiger partial charge on any atom is 0.145 e. The number of nitrogens with zero attached hydrogens (tertiary/aromatic N) is 3. The van der Waals surface area contributed by atoms with Crippen molar-refractivity contribution < 1.29 is 0 Å². The first-order chi connectivity index (χ1) is 7.20. The van der Waals surface area contributed by atoms with E-state index in [9.17, 15) is 0 Å². The van der Waals surface area contributed by atoms with Gasteiger partial charge in [0.05, 0.1) is 0 Å². The van der Waals surface area contributed by atoms with Crippen molar-refractivity contribution in [2.45, 2.75) is 13.8 Å². The van der Waals surface area contributed by atoms with Gasteiger partial charge < -0.3 is 4.57 Å². The predicted octanol–water partition coefficient (Wildman–Crippen LogP) is 2.44. The van der Waals surface area contributed by atoms with Crippen LogP contribution in [0.2, 0.25) is 0 Å². The number of aromatic nitrogens is 3. The van der Waals surface area contributed by atoms with Crippen molar-refractivity contribution in [3.8, 4) is 0 Å². The summed E-state index contributed by atoms with van der Waals surface area (Å²) in [6, 6.07) is 6.09. The average molecular weight is 199 g/mol. The second-order valence-corrected chi connectivity index (χ2v) is 3.98. The summed E-state index contributed by atoms with van der Waals surface area (Å²) in [5, 5.41) is 0. The first kappa shape index (κ1) is 8.53. The van der Waals surface area contributed by atoms with E-state index < -0.39 is 0 Å². The van der Waals surface area contributed by atoms with Crippen LogP contribution in [0.3, 0.4) is 0 Å².